The molecule has 0 bridgehead atoms. The molecule has 0 heterocycles. The van der Waals surface area contributed by atoms with Crippen molar-refractivity contribution >= 4 is 0 Å². The number of hydrogen-bond donors (Lipinski definition) is 2. The zero-order valence-corrected chi connectivity index (χ0v) is 11.1. The lowest BCUT2D eigenvalue weighted by Crippen LogP contribution is -2.23. The fourth-order valence-electron chi connectivity index (χ4n) is 2.12. The topological polar surface area (TPSA) is 40.5 Å². The molecule has 0 aliphatic carbocycles. The summed E-state index contributed by atoms with van der Waals surface area (Å²) >= 11 is 0. The highest BCUT2D eigenvalue weighted by atomic mass is 16.3. The van der Waals surface area contributed by atoms with Gasteiger partial charge in [-0.15, -0.1) is 0 Å². The van der Waals surface area contributed by atoms with E-state index in [4.69, 9.17) is 5.11 Å². The van der Waals surface area contributed by atoms with Gasteiger partial charge in [-0.25, -0.2) is 0 Å². The molecular weight excluding hydrogens is 212 g/mol. The standard InChI is InChI=1S/C15H22O2/c1-11-7-5-8-12(2)13(11)14(17)15(3,4)9-6-10-16/h5-8,10,14,16-17H,9H2,1-4H3. The molecule has 94 valence electrons. The number of aliphatic hydroxyl groups excluding tert-OH is 2. The highest BCUT2D eigenvalue weighted by Gasteiger charge is 2.29. The van der Waals surface area contributed by atoms with Gasteiger partial charge in [-0.2, -0.15) is 0 Å². The van der Waals surface area contributed by atoms with Crippen LogP contribution >= 0.6 is 0 Å². The van der Waals surface area contributed by atoms with E-state index in [1.54, 1.807) is 6.08 Å². The van der Waals surface area contributed by atoms with E-state index >= 15 is 0 Å². The maximum absolute atomic E-state index is 10.5. The first kappa shape index (κ1) is 13.8. The van der Waals surface area contributed by atoms with Crippen molar-refractivity contribution in [3.8, 4) is 0 Å². The van der Waals surface area contributed by atoms with Crippen molar-refractivity contribution in [1.29, 1.82) is 0 Å². The van der Waals surface area contributed by atoms with E-state index in [9.17, 15) is 5.11 Å². The Hall–Kier alpha value is -1.28. The second kappa shape index (κ2) is 5.37. The fraction of sp³-hybridized carbons (Fsp3) is 0.467. The monoisotopic (exact) mass is 234 g/mol. The molecule has 1 rings (SSSR count). The Morgan fingerprint density at radius 3 is 2.24 bits per heavy atom. The van der Waals surface area contributed by atoms with Crippen LogP contribution in [0.15, 0.2) is 30.5 Å². The lowest BCUT2D eigenvalue weighted by atomic mass is 9.77. The van der Waals surface area contributed by atoms with Gasteiger partial charge in [0, 0.05) is 0 Å². The van der Waals surface area contributed by atoms with Crippen molar-refractivity contribution in [2.45, 2.75) is 40.2 Å². The summed E-state index contributed by atoms with van der Waals surface area (Å²) in [5.74, 6) is 0. The minimum Gasteiger partial charge on any atom is -0.516 e. The first-order valence-electron chi connectivity index (χ1n) is 5.93. The third-order valence-electron chi connectivity index (χ3n) is 3.31. The minimum absolute atomic E-state index is 0.296. The fourth-order valence-corrected chi connectivity index (χ4v) is 2.12. The molecule has 0 saturated heterocycles. The lowest BCUT2D eigenvalue weighted by Gasteiger charge is -2.31. The molecule has 0 aromatic heterocycles. The second-order valence-electron chi connectivity index (χ2n) is 5.29. The highest BCUT2D eigenvalue weighted by molar-refractivity contribution is 5.36. The molecule has 0 aliphatic rings. The van der Waals surface area contributed by atoms with Gasteiger partial charge in [-0.05, 0) is 48.4 Å². The van der Waals surface area contributed by atoms with Crippen LogP contribution in [0.4, 0.5) is 0 Å². The molecular formula is C15H22O2. The predicted molar refractivity (Wildman–Crippen MR) is 71.0 cm³/mol. The molecule has 0 saturated carbocycles. The van der Waals surface area contributed by atoms with Gasteiger partial charge in [0.1, 0.15) is 0 Å². The third kappa shape index (κ3) is 3.10. The Morgan fingerprint density at radius 2 is 1.76 bits per heavy atom. The molecule has 0 spiro atoms. The second-order valence-corrected chi connectivity index (χ2v) is 5.29. The molecule has 0 aliphatic heterocycles. The van der Waals surface area contributed by atoms with Gasteiger partial charge < -0.3 is 10.2 Å². The van der Waals surface area contributed by atoms with Crippen LogP contribution in [0.2, 0.25) is 0 Å². The van der Waals surface area contributed by atoms with Gasteiger partial charge >= 0.3 is 0 Å². The van der Waals surface area contributed by atoms with Crippen molar-refractivity contribution in [3.05, 3.63) is 47.2 Å². The summed E-state index contributed by atoms with van der Waals surface area (Å²) in [6.45, 7) is 8.04. The molecule has 2 nitrogen and oxygen atoms in total. The molecule has 0 fully saturated rings. The lowest BCUT2D eigenvalue weighted by molar-refractivity contribution is 0.0500. The minimum atomic E-state index is -0.528. The van der Waals surface area contributed by atoms with Crippen LogP contribution in [-0.4, -0.2) is 10.2 Å². The number of benzene rings is 1. The Morgan fingerprint density at radius 1 is 1.24 bits per heavy atom. The highest BCUT2D eigenvalue weighted by Crippen LogP contribution is 2.39. The van der Waals surface area contributed by atoms with Crippen molar-refractivity contribution in [2.75, 3.05) is 0 Å². The molecule has 1 atom stereocenters. The van der Waals surface area contributed by atoms with E-state index in [1.165, 1.54) is 0 Å². The SMILES string of the molecule is Cc1cccc(C)c1C(O)C(C)(C)CC=CO. The van der Waals surface area contributed by atoms with Crippen LogP contribution in [0.1, 0.15) is 43.1 Å². The molecule has 2 heteroatoms. The summed E-state index contributed by atoms with van der Waals surface area (Å²) in [6, 6.07) is 6.04. The number of hydrogen-bond acceptors (Lipinski definition) is 2. The van der Waals surface area contributed by atoms with Crippen molar-refractivity contribution in [1.82, 2.24) is 0 Å². The summed E-state index contributed by atoms with van der Waals surface area (Å²) < 4.78 is 0. The third-order valence-corrected chi connectivity index (χ3v) is 3.31. The Balaban J connectivity index is 3.07. The summed E-state index contributed by atoms with van der Waals surface area (Å²) in [7, 11) is 0. The summed E-state index contributed by atoms with van der Waals surface area (Å²) in [6.07, 6.45) is 2.83. The number of aryl methyl sites for hydroxylation is 2. The Kier molecular flexibility index (Phi) is 4.35. The maximum atomic E-state index is 10.5. The van der Waals surface area contributed by atoms with E-state index in [-0.39, 0.29) is 5.41 Å². The number of aliphatic hydroxyl groups is 2. The van der Waals surface area contributed by atoms with E-state index in [0.29, 0.717) is 6.42 Å². The molecule has 1 aromatic rings. The van der Waals surface area contributed by atoms with Gasteiger partial charge in [0.15, 0.2) is 0 Å². The van der Waals surface area contributed by atoms with Crippen LogP contribution in [0.3, 0.4) is 0 Å². The van der Waals surface area contributed by atoms with Crippen LogP contribution in [0, 0.1) is 19.3 Å². The van der Waals surface area contributed by atoms with Crippen molar-refractivity contribution in [3.63, 3.8) is 0 Å². The largest absolute Gasteiger partial charge is 0.516 e. The smallest absolute Gasteiger partial charge is 0.0849 e. The van der Waals surface area contributed by atoms with Gasteiger partial charge in [0.25, 0.3) is 0 Å². The van der Waals surface area contributed by atoms with Crippen LogP contribution in [-0.2, 0) is 0 Å². The first-order valence-corrected chi connectivity index (χ1v) is 5.93. The molecule has 1 aromatic carbocycles. The van der Waals surface area contributed by atoms with E-state index in [1.807, 2.05) is 45.9 Å². The van der Waals surface area contributed by atoms with E-state index in [2.05, 4.69) is 0 Å². The molecule has 2 N–H and O–H groups in total. The van der Waals surface area contributed by atoms with Gasteiger partial charge in [-0.1, -0.05) is 32.0 Å². The van der Waals surface area contributed by atoms with Crippen LogP contribution in [0.5, 0.6) is 0 Å². The average Bonchev–Trinajstić information content (AvgIpc) is 2.26. The molecule has 17 heavy (non-hydrogen) atoms. The predicted octanol–water partition coefficient (Wildman–Crippen LogP) is 3.82. The summed E-state index contributed by atoms with van der Waals surface area (Å²) in [5.41, 5.74) is 2.93. The van der Waals surface area contributed by atoms with Gasteiger partial charge in [0.05, 0.1) is 12.4 Å². The van der Waals surface area contributed by atoms with Crippen LogP contribution < -0.4 is 0 Å². The Bertz CT molecular complexity index is 385. The molecule has 1 unspecified atom stereocenters. The van der Waals surface area contributed by atoms with E-state index < -0.39 is 6.10 Å². The maximum Gasteiger partial charge on any atom is 0.0849 e. The molecule has 0 amide bonds. The quantitative estimate of drug-likeness (QED) is 0.777. The van der Waals surface area contributed by atoms with Gasteiger partial charge in [0.2, 0.25) is 0 Å². The van der Waals surface area contributed by atoms with E-state index in [0.717, 1.165) is 23.0 Å². The van der Waals surface area contributed by atoms with Crippen molar-refractivity contribution in [2.24, 2.45) is 5.41 Å². The zero-order valence-electron chi connectivity index (χ0n) is 11.1. The average molecular weight is 234 g/mol. The molecule has 0 radical (unpaired) electrons. The van der Waals surface area contributed by atoms with Gasteiger partial charge in [-0.3, -0.25) is 0 Å². The number of rotatable bonds is 4. The first-order chi connectivity index (χ1) is 7.90. The number of allylic oxidation sites excluding steroid dienone is 1. The summed E-state index contributed by atoms with van der Waals surface area (Å²) in [5, 5.41) is 19.2. The van der Waals surface area contributed by atoms with Crippen LogP contribution in [0.25, 0.3) is 0 Å². The normalized spacial score (nSPS) is 14.2. The Labute approximate surface area is 104 Å². The summed E-state index contributed by atoms with van der Waals surface area (Å²) in [4.78, 5) is 0. The zero-order chi connectivity index (χ0) is 13.1. The van der Waals surface area contributed by atoms with Crippen molar-refractivity contribution < 1.29 is 10.2 Å².